The van der Waals surface area contributed by atoms with E-state index >= 15 is 0 Å². The summed E-state index contributed by atoms with van der Waals surface area (Å²) >= 11 is 0. The van der Waals surface area contributed by atoms with Crippen LogP contribution in [0.2, 0.25) is 0 Å². The number of amides is 2. The molecule has 1 N–H and O–H groups in total. The Hall–Kier alpha value is -2.44. The molecule has 0 unspecified atom stereocenters. The number of carbonyl (C=O) groups is 2. The average Bonchev–Trinajstić information content (AvgIpc) is 2.96. The predicted molar refractivity (Wildman–Crippen MR) is 109 cm³/mol. The van der Waals surface area contributed by atoms with E-state index in [9.17, 15) is 9.59 Å². The van der Waals surface area contributed by atoms with Gasteiger partial charge < -0.3 is 14.8 Å². The van der Waals surface area contributed by atoms with Gasteiger partial charge in [-0.2, -0.15) is 0 Å². The largest absolute Gasteiger partial charge is 0.444 e. The molecule has 0 spiro atoms. The molecule has 1 aromatic rings. The second-order valence-electron chi connectivity index (χ2n) is 8.92. The summed E-state index contributed by atoms with van der Waals surface area (Å²) in [5.41, 5.74) is 0.782. The lowest BCUT2D eigenvalue weighted by Crippen LogP contribution is -2.51. The van der Waals surface area contributed by atoms with Crippen LogP contribution in [0.4, 0.5) is 15.3 Å². The van der Waals surface area contributed by atoms with Crippen molar-refractivity contribution >= 4 is 17.9 Å². The summed E-state index contributed by atoms with van der Waals surface area (Å²) in [7, 11) is 0. The molecule has 156 valence electrons. The Morgan fingerprint density at radius 3 is 1.71 bits per heavy atom. The van der Waals surface area contributed by atoms with Gasteiger partial charge in [-0.3, -0.25) is 9.80 Å². The zero-order chi connectivity index (χ0) is 21.1. The number of anilines is 1. The molecule has 0 saturated carbocycles. The van der Waals surface area contributed by atoms with Crippen molar-refractivity contribution in [2.75, 3.05) is 18.4 Å². The highest BCUT2D eigenvalue weighted by molar-refractivity contribution is 5.74. The summed E-state index contributed by atoms with van der Waals surface area (Å²) in [5, 5.41) is 3.28. The van der Waals surface area contributed by atoms with E-state index in [2.05, 4.69) is 12.2 Å². The van der Waals surface area contributed by atoms with Crippen LogP contribution in [0.5, 0.6) is 0 Å². The molecule has 1 saturated heterocycles. The van der Waals surface area contributed by atoms with E-state index in [1.165, 1.54) is 15.4 Å². The fourth-order valence-electron chi connectivity index (χ4n) is 2.79. The molecule has 2 amide bonds. The maximum absolute atomic E-state index is 12.7. The van der Waals surface area contributed by atoms with Crippen molar-refractivity contribution < 1.29 is 19.1 Å². The first-order valence-electron chi connectivity index (χ1n) is 9.74. The monoisotopic (exact) mass is 391 g/mol. The number of rotatable bonds is 3. The number of ether oxygens (including phenoxy) is 2. The Morgan fingerprint density at radius 1 is 0.929 bits per heavy atom. The van der Waals surface area contributed by atoms with Gasteiger partial charge in [-0.25, -0.2) is 9.59 Å². The second kappa shape index (κ2) is 8.29. The van der Waals surface area contributed by atoms with Gasteiger partial charge in [0.15, 0.2) is 6.29 Å². The molecular formula is C21H33N3O4. The summed E-state index contributed by atoms with van der Waals surface area (Å²) < 4.78 is 11.0. The van der Waals surface area contributed by atoms with Gasteiger partial charge in [0, 0.05) is 18.8 Å². The fraction of sp³-hybridized carbons (Fsp3) is 0.619. The van der Waals surface area contributed by atoms with Crippen LogP contribution in [0.25, 0.3) is 0 Å². The summed E-state index contributed by atoms with van der Waals surface area (Å²) in [5.74, 6) is 0. The van der Waals surface area contributed by atoms with Crippen LogP contribution in [0.3, 0.4) is 0 Å². The number of hydrogen-bond donors (Lipinski definition) is 1. The van der Waals surface area contributed by atoms with Gasteiger partial charge in [0.1, 0.15) is 11.2 Å². The summed E-state index contributed by atoms with van der Waals surface area (Å²) in [4.78, 5) is 28.4. The Labute approximate surface area is 168 Å². The molecule has 7 nitrogen and oxygen atoms in total. The van der Waals surface area contributed by atoms with E-state index in [1.807, 2.05) is 65.8 Å². The third kappa shape index (κ3) is 6.04. The van der Waals surface area contributed by atoms with Gasteiger partial charge in [-0.05, 0) is 65.7 Å². The third-order valence-corrected chi connectivity index (χ3v) is 4.09. The molecule has 1 aliphatic rings. The van der Waals surface area contributed by atoms with Crippen molar-refractivity contribution in [3.8, 4) is 0 Å². The summed E-state index contributed by atoms with van der Waals surface area (Å²) in [6, 6.07) is 7.93. The summed E-state index contributed by atoms with van der Waals surface area (Å²) in [6.45, 7) is 13.7. The molecule has 1 fully saturated rings. The van der Waals surface area contributed by atoms with E-state index in [0.29, 0.717) is 13.1 Å². The highest BCUT2D eigenvalue weighted by Crippen LogP contribution is 2.23. The van der Waals surface area contributed by atoms with Crippen molar-refractivity contribution in [1.82, 2.24) is 9.80 Å². The van der Waals surface area contributed by atoms with Gasteiger partial charge in [-0.1, -0.05) is 19.1 Å². The van der Waals surface area contributed by atoms with Crippen molar-refractivity contribution in [3.05, 3.63) is 29.8 Å². The van der Waals surface area contributed by atoms with E-state index in [4.69, 9.17) is 9.47 Å². The van der Waals surface area contributed by atoms with Crippen LogP contribution in [0.15, 0.2) is 24.3 Å². The number of nitrogens with zero attached hydrogens (tertiary/aromatic N) is 2. The molecule has 1 aromatic carbocycles. The van der Waals surface area contributed by atoms with E-state index in [0.717, 1.165) is 12.1 Å². The lowest BCUT2D eigenvalue weighted by molar-refractivity contribution is 0.00489. The van der Waals surface area contributed by atoms with Crippen molar-refractivity contribution in [2.45, 2.75) is 72.4 Å². The van der Waals surface area contributed by atoms with Crippen molar-refractivity contribution in [1.29, 1.82) is 0 Å². The fourth-order valence-corrected chi connectivity index (χ4v) is 2.79. The Kier molecular flexibility index (Phi) is 6.47. The zero-order valence-corrected chi connectivity index (χ0v) is 18.0. The van der Waals surface area contributed by atoms with Gasteiger partial charge in [0.05, 0.1) is 0 Å². The van der Waals surface area contributed by atoms with Crippen LogP contribution in [0.1, 0.15) is 54.0 Å². The molecule has 0 aromatic heterocycles. The van der Waals surface area contributed by atoms with Gasteiger partial charge in [-0.15, -0.1) is 0 Å². The predicted octanol–water partition coefficient (Wildman–Crippen LogP) is 4.43. The van der Waals surface area contributed by atoms with Gasteiger partial charge in [0.25, 0.3) is 0 Å². The number of carbonyl (C=O) groups excluding carboxylic acids is 2. The first kappa shape index (κ1) is 21.9. The number of hydrogen-bond acceptors (Lipinski definition) is 5. The highest BCUT2D eigenvalue weighted by Gasteiger charge is 2.41. The molecule has 2 rings (SSSR count). The van der Waals surface area contributed by atoms with E-state index in [1.54, 1.807) is 0 Å². The topological polar surface area (TPSA) is 71.1 Å². The molecule has 0 radical (unpaired) electrons. The zero-order valence-electron chi connectivity index (χ0n) is 18.0. The number of benzene rings is 1. The molecule has 0 atom stereocenters. The molecule has 1 aliphatic heterocycles. The molecule has 1 heterocycles. The number of nitrogens with one attached hydrogen (secondary N) is 1. The standard InChI is InChI=1S/C21H33N3O4/c1-8-15-9-11-16(12-10-15)22-17-23(18(25)27-20(2,3)4)13-14-24(17)19(26)28-21(5,6)7/h9-12,17,22H,8,13-14H2,1-7H3. The minimum absolute atomic E-state index is 0.360. The van der Waals surface area contributed by atoms with Crippen molar-refractivity contribution in [2.24, 2.45) is 0 Å². The SMILES string of the molecule is CCc1ccc(NC2N(C(=O)OC(C)(C)C)CCN2C(=O)OC(C)(C)C)cc1. The van der Waals surface area contributed by atoms with Crippen LogP contribution in [-0.4, -0.2) is 52.6 Å². The lowest BCUT2D eigenvalue weighted by Gasteiger charge is -2.33. The smallest absolute Gasteiger partial charge is 0.413 e. The van der Waals surface area contributed by atoms with Crippen LogP contribution < -0.4 is 5.32 Å². The molecule has 0 aliphatic carbocycles. The summed E-state index contributed by atoms with van der Waals surface area (Å²) in [6.07, 6.45) is -0.683. The van der Waals surface area contributed by atoms with E-state index in [-0.39, 0.29) is 0 Å². The normalized spacial score (nSPS) is 15.5. The quantitative estimate of drug-likeness (QED) is 0.825. The van der Waals surface area contributed by atoms with Crippen LogP contribution >= 0.6 is 0 Å². The Morgan fingerprint density at radius 2 is 1.36 bits per heavy atom. The highest BCUT2D eigenvalue weighted by atomic mass is 16.6. The van der Waals surface area contributed by atoms with Crippen LogP contribution in [-0.2, 0) is 15.9 Å². The van der Waals surface area contributed by atoms with E-state index < -0.39 is 29.7 Å². The number of aryl methyl sites for hydroxylation is 1. The maximum atomic E-state index is 12.7. The van der Waals surface area contributed by atoms with Gasteiger partial charge >= 0.3 is 12.2 Å². The minimum Gasteiger partial charge on any atom is -0.444 e. The first-order valence-corrected chi connectivity index (χ1v) is 9.74. The minimum atomic E-state index is -0.683. The average molecular weight is 392 g/mol. The van der Waals surface area contributed by atoms with Crippen LogP contribution in [0, 0.1) is 0 Å². The Balaban J connectivity index is 2.24. The second-order valence-corrected chi connectivity index (χ2v) is 8.92. The van der Waals surface area contributed by atoms with Crippen molar-refractivity contribution in [3.63, 3.8) is 0 Å². The molecule has 0 bridgehead atoms. The Bertz CT molecular complexity index is 653. The first-order chi connectivity index (χ1) is 12.9. The molecule has 28 heavy (non-hydrogen) atoms. The molecule has 7 heteroatoms. The molecular weight excluding hydrogens is 358 g/mol. The lowest BCUT2D eigenvalue weighted by atomic mass is 10.1. The van der Waals surface area contributed by atoms with Gasteiger partial charge in [0.2, 0.25) is 0 Å². The third-order valence-electron chi connectivity index (χ3n) is 4.09. The maximum Gasteiger partial charge on any atom is 0.413 e.